The average molecular weight is 362 g/mol. The molecule has 5 rings (SSSR count). The number of hydrogen-bond acceptors (Lipinski definition) is 6. The molecule has 1 atom stereocenters. The van der Waals surface area contributed by atoms with Crippen molar-refractivity contribution in [1.29, 1.82) is 0 Å². The highest BCUT2D eigenvalue weighted by atomic mass is 15.3. The zero-order valence-corrected chi connectivity index (χ0v) is 15.7. The topological polar surface area (TPSA) is 65.1 Å². The molecule has 1 spiro atoms. The van der Waals surface area contributed by atoms with Crippen molar-refractivity contribution in [2.75, 3.05) is 19.6 Å². The van der Waals surface area contributed by atoms with Gasteiger partial charge in [0.05, 0.1) is 28.0 Å². The van der Waals surface area contributed by atoms with Crippen molar-refractivity contribution in [2.24, 2.45) is 0 Å². The Bertz CT molecular complexity index is 914. The van der Waals surface area contributed by atoms with E-state index in [2.05, 4.69) is 62.2 Å². The van der Waals surface area contributed by atoms with Crippen molar-refractivity contribution >= 4 is 11.0 Å². The van der Waals surface area contributed by atoms with Gasteiger partial charge in [0.2, 0.25) is 0 Å². The Hall–Kier alpha value is -2.60. The van der Waals surface area contributed by atoms with Gasteiger partial charge < -0.3 is 20.9 Å². The number of benzene rings is 1. The molecular weight excluding hydrogens is 336 g/mol. The molecule has 2 aromatic rings. The van der Waals surface area contributed by atoms with Crippen LogP contribution in [0.15, 0.2) is 54.3 Å². The maximum absolute atomic E-state index is 4.42. The fourth-order valence-corrected chi connectivity index (χ4v) is 4.17. The normalized spacial score (nSPS) is 23.6. The molecule has 0 amide bonds. The van der Waals surface area contributed by atoms with Gasteiger partial charge in [0.25, 0.3) is 0 Å². The van der Waals surface area contributed by atoms with E-state index in [0.29, 0.717) is 11.6 Å². The van der Waals surface area contributed by atoms with Gasteiger partial charge in [-0.1, -0.05) is 6.07 Å². The minimum Gasteiger partial charge on any atom is -0.383 e. The summed E-state index contributed by atoms with van der Waals surface area (Å²) in [6, 6.07) is 6.64. The van der Waals surface area contributed by atoms with Crippen molar-refractivity contribution in [2.45, 2.75) is 37.9 Å². The molecule has 1 aliphatic carbocycles. The molecule has 2 aliphatic heterocycles. The largest absolute Gasteiger partial charge is 0.383 e. The first-order valence-electron chi connectivity index (χ1n) is 9.84. The van der Waals surface area contributed by atoms with Crippen LogP contribution in [0.4, 0.5) is 0 Å². The predicted octanol–water partition coefficient (Wildman–Crippen LogP) is 1.87. The number of aromatic nitrogens is 2. The molecule has 1 aromatic heterocycles. The van der Waals surface area contributed by atoms with Crippen LogP contribution in [0.5, 0.6) is 0 Å². The molecule has 140 valence electrons. The highest BCUT2D eigenvalue weighted by Crippen LogP contribution is 2.45. The minimum atomic E-state index is 0.334. The molecular formula is C21H26N6. The van der Waals surface area contributed by atoms with E-state index in [1.165, 1.54) is 29.8 Å². The molecule has 1 saturated carbocycles. The lowest BCUT2D eigenvalue weighted by Gasteiger charge is -2.42. The number of nitrogens with zero attached hydrogens (tertiary/aromatic N) is 3. The average Bonchev–Trinajstić information content (AvgIpc) is 3.47. The summed E-state index contributed by atoms with van der Waals surface area (Å²) in [6.45, 7) is 6.20. The maximum atomic E-state index is 4.42. The summed E-state index contributed by atoms with van der Waals surface area (Å²) < 4.78 is 0. The van der Waals surface area contributed by atoms with E-state index < -0.39 is 0 Å². The first kappa shape index (κ1) is 16.6. The number of nitrogens with one attached hydrogen (secondary N) is 3. The first-order valence-corrected chi connectivity index (χ1v) is 9.84. The standard InChI is InChI=1S/C21H26N6/c1-15-10-20(27-9-8-22-14-21(27)4-5-21)19(13-25-15)26-12-16-2-3-17-18(11-16)24-7-6-23-17/h2-3,6-7,10-11,13,15,22,25-26H,4-5,8-9,12,14H2,1H3. The molecule has 6 heteroatoms. The van der Waals surface area contributed by atoms with Gasteiger partial charge in [-0.15, -0.1) is 0 Å². The third-order valence-corrected chi connectivity index (χ3v) is 5.85. The SMILES string of the molecule is CC1C=C(N2CCNCC23CC3)C(NCc2ccc3nccnc3c2)=CN1. The lowest BCUT2D eigenvalue weighted by molar-refractivity contribution is 0.189. The smallest absolute Gasteiger partial charge is 0.0890 e. The second kappa shape index (κ2) is 6.53. The molecule has 27 heavy (non-hydrogen) atoms. The van der Waals surface area contributed by atoms with Gasteiger partial charge in [-0.3, -0.25) is 9.97 Å². The fraction of sp³-hybridized carbons (Fsp3) is 0.429. The van der Waals surface area contributed by atoms with Crippen LogP contribution in [-0.4, -0.2) is 46.1 Å². The van der Waals surface area contributed by atoms with Gasteiger partial charge >= 0.3 is 0 Å². The van der Waals surface area contributed by atoms with Gasteiger partial charge in [0.15, 0.2) is 0 Å². The van der Waals surface area contributed by atoms with Gasteiger partial charge in [0, 0.05) is 50.8 Å². The molecule has 0 bridgehead atoms. The molecule has 3 heterocycles. The maximum Gasteiger partial charge on any atom is 0.0890 e. The van der Waals surface area contributed by atoms with E-state index in [1.807, 2.05) is 6.07 Å². The van der Waals surface area contributed by atoms with Crippen LogP contribution in [0, 0.1) is 0 Å². The van der Waals surface area contributed by atoms with E-state index in [9.17, 15) is 0 Å². The Morgan fingerprint density at radius 3 is 2.93 bits per heavy atom. The second-order valence-electron chi connectivity index (χ2n) is 7.85. The number of dihydropyridines is 1. The molecule has 1 aromatic carbocycles. The zero-order chi connectivity index (χ0) is 18.3. The van der Waals surface area contributed by atoms with Crippen molar-refractivity contribution in [3.05, 3.63) is 59.8 Å². The number of piperazine rings is 1. The summed E-state index contributed by atoms with van der Waals surface area (Å²) in [4.78, 5) is 11.4. The first-order chi connectivity index (χ1) is 13.2. The van der Waals surface area contributed by atoms with Gasteiger partial charge in [0.1, 0.15) is 0 Å². The summed E-state index contributed by atoms with van der Waals surface area (Å²) in [5, 5.41) is 10.7. The number of hydrogen-bond donors (Lipinski definition) is 3. The Balaban J connectivity index is 1.35. The molecule has 3 aliphatic rings. The third-order valence-electron chi connectivity index (χ3n) is 5.85. The fourth-order valence-electron chi connectivity index (χ4n) is 4.17. The molecule has 2 fully saturated rings. The Labute approximate surface area is 159 Å². The van der Waals surface area contributed by atoms with E-state index in [1.54, 1.807) is 12.4 Å². The Kier molecular flexibility index (Phi) is 4.01. The van der Waals surface area contributed by atoms with E-state index >= 15 is 0 Å². The number of rotatable bonds is 4. The molecule has 0 radical (unpaired) electrons. The summed E-state index contributed by atoms with van der Waals surface area (Å²) in [7, 11) is 0. The predicted molar refractivity (Wildman–Crippen MR) is 107 cm³/mol. The summed E-state index contributed by atoms with van der Waals surface area (Å²) in [6.07, 6.45) is 10.6. The minimum absolute atomic E-state index is 0.334. The van der Waals surface area contributed by atoms with Crippen LogP contribution in [0.3, 0.4) is 0 Å². The van der Waals surface area contributed by atoms with Crippen molar-refractivity contribution < 1.29 is 0 Å². The van der Waals surface area contributed by atoms with Crippen LogP contribution in [0.2, 0.25) is 0 Å². The van der Waals surface area contributed by atoms with Gasteiger partial charge in [-0.05, 0) is 43.5 Å². The summed E-state index contributed by atoms with van der Waals surface area (Å²) >= 11 is 0. The van der Waals surface area contributed by atoms with Crippen molar-refractivity contribution in [1.82, 2.24) is 30.8 Å². The monoisotopic (exact) mass is 362 g/mol. The Morgan fingerprint density at radius 2 is 2.07 bits per heavy atom. The van der Waals surface area contributed by atoms with Crippen molar-refractivity contribution in [3.8, 4) is 0 Å². The van der Waals surface area contributed by atoms with E-state index in [4.69, 9.17) is 0 Å². The third kappa shape index (κ3) is 3.14. The van der Waals surface area contributed by atoms with Crippen LogP contribution in [0.25, 0.3) is 11.0 Å². The molecule has 3 N–H and O–H groups in total. The van der Waals surface area contributed by atoms with Crippen LogP contribution in [0.1, 0.15) is 25.3 Å². The second-order valence-corrected chi connectivity index (χ2v) is 7.85. The van der Waals surface area contributed by atoms with E-state index in [-0.39, 0.29) is 0 Å². The van der Waals surface area contributed by atoms with Crippen molar-refractivity contribution in [3.63, 3.8) is 0 Å². The Morgan fingerprint density at radius 1 is 1.22 bits per heavy atom. The van der Waals surface area contributed by atoms with E-state index in [0.717, 1.165) is 37.2 Å². The van der Waals surface area contributed by atoms with Crippen LogP contribution < -0.4 is 16.0 Å². The summed E-state index contributed by atoms with van der Waals surface area (Å²) in [5.41, 5.74) is 5.95. The van der Waals surface area contributed by atoms with Gasteiger partial charge in [-0.25, -0.2) is 0 Å². The zero-order valence-electron chi connectivity index (χ0n) is 15.7. The molecule has 6 nitrogen and oxygen atoms in total. The highest BCUT2D eigenvalue weighted by Gasteiger charge is 2.50. The lowest BCUT2D eigenvalue weighted by atomic mass is 10.1. The number of fused-ring (bicyclic) bond motifs is 1. The quantitative estimate of drug-likeness (QED) is 0.772. The lowest BCUT2D eigenvalue weighted by Crippen LogP contribution is -2.54. The molecule has 1 unspecified atom stereocenters. The highest BCUT2D eigenvalue weighted by molar-refractivity contribution is 5.74. The summed E-state index contributed by atoms with van der Waals surface area (Å²) in [5.74, 6) is 0. The molecule has 1 saturated heterocycles. The van der Waals surface area contributed by atoms with Crippen LogP contribution in [-0.2, 0) is 6.54 Å². The van der Waals surface area contributed by atoms with Gasteiger partial charge in [-0.2, -0.15) is 0 Å². The van der Waals surface area contributed by atoms with Crippen LogP contribution >= 0.6 is 0 Å².